The quantitative estimate of drug-likeness (QED) is 0.536. The summed E-state index contributed by atoms with van der Waals surface area (Å²) in [5.74, 6) is -1.22. The summed E-state index contributed by atoms with van der Waals surface area (Å²) < 4.78 is 5.42. The van der Waals surface area contributed by atoms with E-state index in [9.17, 15) is 9.59 Å². The van der Waals surface area contributed by atoms with Crippen molar-refractivity contribution in [2.24, 2.45) is 0 Å². The van der Waals surface area contributed by atoms with Crippen LogP contribution in [0.3, 0.4) is 0 Å². The highest BCUT2D eigenvalue weighted by Crippen LogP contribution is 2.41. The lowest BCUT2D eigenvalue weighted by molar-refractivity contribution is -0.163. The molecule has 2 N–H and O–H groups in total. The molecule has 2 saturated heterocycles. The van der Waals surface area contributed by atoms with Crippen LogP contribution in [-0.2, 0) is 14.3 Å². The highest BCUT2D eigenvalue weighted by atomic mass is 16.5. The number of aliphatic carboxylic acids is 1. The fraction of sp³-hybridized carbons (Fsp3) is 0.556. The van der Waals surface area contributed by atoms with Crippen molar-refractivity contribution in [3.8, 4) is 0 Å². The second-order valence-electron chi connectivity index (χ2n) is 3.95. The van der Waals surface area contributed by atoms with Gasteiger partial charge in [0.25, 0.3) is 0 Å². The van der Waals surface area contributed by atoms with Crippen molar-refractivity contribution in [1.29, 1.82) is 0 Å². The molecule has 3 aliphatic rings. The molecule has 0 aromatic heterocycles. The minimum absolute atomic E-state index is 0.0925. The number of β-lactam (4-membered cyclic amide) rings is 1. The lowest BCUT2D eigenvalue weighted by Crippen LogP contribution is -2.73. The molecule has 0 saturated carbocycles. The Bertz CT molecular complexity index is 403. The summed E-state index contributed by atoms with van der Waals surface area (Å²) in [6.07, 6.45) is -0.250. The summed E-state index contributed by atoms with van der Waals surface area (Å²) in [5, 5.41) is 11.9. The van der Waals surface area contributed by atoms with Gasteiger partial charge in [-0.25, -0.2) is 4.79 Å². The number of nitrogens with zero attached hydrogens (tertiary/aromatic N) is 1. The zero-order valence-corrected chi connectivity index (χ0v) is 8.06. The number of carbonyl (C=O) groups is 2. The average Bonchev–Trinajstić information content (AvgIpc) is 2.51. The SMILES string of the molecule is CC1=C(C(=O)O)N2C(=O)C3NCOC1C32. The smallest absolute Gasteiger partial charge is 0.352 e. The van der Waals surface area contributed by atoms with Crippen LogP contribution in [0, 0.1) is 0 Å². The molecule has 80 valence electrons. The van der Waals surface area contributed by atoms with Crippen molar-refractivity contribution in [2.45, 2.75) is 25.1 Å². The third-order valence-corrected chi connectivity index (χ3v) is 3.26. The zero-order valence-electron chi connectivity index (χ0n) is 8.06. The lowest BCUT2D eigenvalue weighted by atomic mass is 9.91. The molecule has 0 aromatic rings. The third-order valence-electron chi connectivity index (χ3n) is 3.26. The van der Waals surface area contributed by atoms with Crippen LogP contribution in [0.2, 0.25) is 0 Å². The van der Waals surface area contributed by atoms with E-state index < -0.39 is 5.97 Å². The van der Waals surface area contributed by atoms with Crippen LogP contribution in [0.25, 0.3) is 0 Å². The predicted octanol–water partition coefficient (Wildman–Crippen LogP) is -1.12. The molecule has 6 nitrogen and oxygen atoms in total. The summed E-state index contributed by atoms with van der Waals surface area (Å²) in [5.41, 5.74) is 0.736. The molecular formula is C9H10N2O4. The molecule has 3 heterocycles. The van der Waals surface area contributed by atoms with Crippen molar-refractivity contribution in [2.75, 3.05) is 6.73 Å². The summed E-state index contributed by atoms with van der Waals surface area (Å²) >= 11 is 0. The maximum atomic E-state index is 11.6. The van der Waals surface area contributed by atoms with E-state index in [4.69, 9.17) is 9.84 Å². The number of carboxylic acids is 1. The first-order valence-electron chi connectivity index (χ1n) is 4.75. The van der Waals surface area contributed by atoms with Crippen LogP contribution in [0.5, 0.6) is 0 Å². The maximum absolute atomic E-state index is 11.6. The Balaban J connectivity index is 2.06. The van der Waals surface area contributed by atoms with Crippen molar-refractivity contribution in [1.82, 2.24) is 10.2 Å². The third kappa shape index (κ3) is 0.859. The molecule has 0 aromatic carbocycles. The van der Waals surface area contributed by atoms with Crippen LogP contribution in [0.4, 0.5) is 0 Å². The summed E-state index contributed by atoms with van der Waals surface area (Å²) in [7, 11) is 0. The fourth-order valence-electron chi connectivity index (χ4n) is 2.59. The number of hydrogen-bond acceptors (Lipinski definition) is 4. The normalized spacial score (nSPS) is 37.8. The second-order valence-corrected chi connectivity index (χ2v) is 3.95. The Morgan fingerprint density at radius 1 is 1.67 bits per heavy atom. The topological polar surface area (TPSA) is 78.9 Å². The Labute approximate surface area is 85.5 Å². The summed E-state index contributed by atoms with van der Waals surface area (Å²) in [6, 6.07) is -0.423. The minimum Gasteiger partial charge on any atom is -0.477 e. The largest absolute Gasteiger partial charge is 0.477 e. The Morgan fingerprint density at radius 2 is 2.40 bits per heavy atom. The van der Waals surface area contributed by atoms with Gasteiger partial charge < -0.3 is 9.84 Å². The highest BCUT2D eigenvalue weighted by molar-refractivity contribution is 6.01. The van der Waals surface area contributed by atoms with Crippen LogP contribution < -0.4 is 5.32 Å². The zero-order chi connectivity index (χ0) is 10.7. The van der Waals surface area contributed by atoms with Gasteiger partial charge in [0.1, 0.15) is 17.8 Å². The molecule has 1 amide bonds. The van der Waals surface area contributed by atoms with Crippen molar-refractivity contribution >= 4 is 11.9 Å². The van der Waals surface area contributed by atoms with Gasteiger partial charge in [-0.3, -0.25) is 15.0 Å². The van der Waals surface area contributed by atoms with Gasteiger partial charge in [0.15, 0.2) is 0 Å². The Morgan fingerprint density at radius 3 is 3.07 bits per heavy atom. The molecule has 15 heavy (non-hydrogen) atoms. The van der Waals surface area contributed by atoms with Crippen molar-refractivity contribution in [3.05, 3.63) is 11.3 Å². The minimum atomic E-state index is -1.06. The number of amides is 1. The van der Waals surface area contributed by atoms with E-state index in [0.29, 0.717) is 12.3 Å². The second kappa shape index (κ2) is 2.59. The van der Waals surface area contributed by atoms with Crippen molar-refractivity contribution in [3.63, 3.8) is 0 Å². The van der Waals surface area contributed by atoms with Crippen LogP contribution in [0.15, 0.2) is 11.3 Å². The first kappa shape index (κ1) is 8.87. The van der Waals surface area contributed by atoms with Gasteiger partial charge in [0.2, 0.25) is 5.91 Å². The molecule has 0 aliphatic carbocycles. The first-order valence-corrected chi connectivity index (χ1v) is 4.75. The molecule has 3 aliphatic heterocycles. The Kier molecular flexibility index (Phi) is 1.53. The van der Waals surface area contributed by atoms with E-state index in [1.807, 2.05) is 0 Å². The standard InChI is InChI=1S/C9H10N2O4/c1-3-5(9(13)14)11-6-4(8(11)12)10-2-15-7(3)6/h4,6-7,10H,2H2,1H3,(H,13,14). The molecule has 2 fully saturated rings. The fourth-order valence-corrected chi connectivity index (χ4v) is 2.59. The number of nitrogens with one attached hydrogen (secondary N) is 1. The van der Waals surface area contributed by atoms with Gasteiger partial charge >= 0.3 is 5.97 Å². The van der Waals surface area contributed by atoms with Gasteiger partial charge in [-0.2, -0.15) is 0 Å². The van der Waals surface area contributed by atoms with Gasteiger partial charge in [-0.15, -0.1) is 0 Å². The molecule has 0 bridgehead atoms. The molecule has 0 radical (unpaired) electrons. The van der Waals surface area contributed by atoms with E-state index in [1.165, 1.54) is 4.90 Å². The van der Waals surface area contributed by atoms with E-state index in [0.717, 1.165) is 0 Å². The van der Waals surface area contributed by atoms with Gasteiger partial charge in [0, 0.05) is 0 Å². The summed E-state index contributed by atoms with van der Waals surface area (Å²) in [4.78, 5) is 24.0. The number of carbonyl (C=O) groups excluding carboxylic acids is 1. The van der Waals surface area contributed by atoms with E-state index in [2.05, 4.69) is 5.32 Å². The van der Waals surface area contributed by atoms with Crippen molar-refractivity contribution < 1.29 is 19.4 Å². The Hall–Kier alpha value is -1.40. The monoisotopic (exact) mass is 210 g/mol. The van der Waals surface area contributed by atoms with Gasteiger partial charge in [-0.05, 0) is 12.5 Å². The number of ether oxygens (including phenoxy) is 1. The van der Waals surface area contributed by atoms with Crippen LogP contribution in [0.1, 0.15) is 6.92 Å². The van der Waals surface area contributed by atoms with Crippen LogP contribution in [-0.4, -0.2) is 46.8 Å². The number of carboxylic acid groups (broad SMARTS) is 1. The molecule has 3 atom stereocenters. The molecule has 3 unspecified atom stereocenters. The van der Waals surface area contributed by atoms with Gasteiger partial charge in [0.05, 0.1) is 12.8 Å². The van der Waals surface area contributed by atoms with E-state index in [1.54, 1.807) is 6.92 Å². The number of hydrogen-bond donors (Lipinski definition) is 2. The molecule has 3 rings (SSSR count). The summed E-state index contributed by atoms with van der Waals surface area (Å²) in [6.45, 7) is 2.01. The molecular weight excluding hydrogens is 200 g/mol. The van der Waals surface area contributed by atoms with E-state index in [-0.39, 0.29) is 29.8 Å². The number of rotatable bonds is 1. The average molecular weight is 210 g/mol. The first-order chi connectivity index (χ1) is 7.13. The highest BCUT2D eigenvalue weighted by Gasteiger charge is 2.61. The molecule has 0 spiro atoms. The predicted molar refractivity (Wildman–Crippen MR) is 47.6 cm³/mol. The van der Waals surface area contributed by atoms with Crippen LogP contribution >= 0.6 is 0 Å². The maximum Gasteiger partial charge on any atom is 0.352 e. The molecule has 6 heteroatoms. The van der Waals surface area contributed by atoms with Gasteiger partial charge in [-0.1, -0.05) is 0 Å². The lowest BCUT2D eigenvalue weighted by Gasteiger charge is -2.48. The van der Waals surface area contributed by atoms with E-state index >= 15 is 0 Å².